The number of aromatic nitrogens is 4. The number of benzene rings is 1. The van der Waals surface area contributed by atoms with Crippen molar-refractivity contribution in [3.05, 3.63) is 40.2 Å². The number of hydrogen-bond acceptors (Lipinski definition) is 5. The van der Waals surface area contributed by atoms with E-state index < -0.39 is 0 Å². The van der Waals surface area contributed by atoms with Crippen LogP contribution < -0.4 is 5.32 Å². The standard InChI is InChI=1S/C15H15N5OS/c1-8-3-6-11(7-9(8)2)16-13(21)14-19-20-12(10-4-5-10)17-18-15(20)22-14/h3,6-7,10H,4-5H2,1-2H3,(H,16,21). The molecule has 1 aromatic carbocycles. The fourth-order valence-electron chi connectivity index (χ4n) is 2.32. The van der Waals surface area contributed by atoms with Gasteiger partial charge in [0.25, 0.3) is 5.91 Å². The molecule has 1 aliphatic carbocycles. The fraction of sp³-hybridized carbons (Fsp3) is 0.333. The van der Waals surface area contributed by atoms with E-state index in [9.17, 15) is 4.79 Å². The van der Waals surface area contributed by atoms with Gasteiger partial charge in [-0.05, 0) is 49.9 Å². The zero-order valence-corrected chi connectivity index (χ0v) is 13.1. The van der Waals surface area contributed by atoms with Crippen molar-refractivity contribution in [2.24, 2.45) is 0 Å². The van der Waals surface area contributed by atoms with Crippen LogP contribution in [-0.2, 0) is 0 Å². The summed E-state index contributed by atoms with van der Waals surface area (Å²) in [5.41, 5.74) is 3.12. The number of nitrogens with one attached hydrogen (secondary N) is 1. The molecule has 1 fully saturated rings. The summed E-state index contributed by atoms with van der Waals surface area (Å²) in [7, 11) is 0. The molecule has 2 aromatic heterocycles. The van der Waals surface area contributed by atoms with Crippen molar-refractivity contribution in [2.75, 3.05) is 5.32 Å². The van der Waals surface area contributed by atoms with E-state index in [1.807, 2.05) is 32.0 Å². The first-order valence-electron chi connectivity index (χ1n) is 7.22. The van der Waals surface area contributed by atoms with Crippen LogP contribution in [0.3, 0.4) is 0 Å². The minimum atomic E-state index is -0.208. The van der Waals surface area contributed by atoms with E-state index in [2.05, 4.69) is 20.6 Å². The Morgan fingerprint density at radius 3 is 2.82 bits per heavy atom. The maximum Gasteiger partial charge on any atom is 0.286 e. The van der Waals surface area contributed by atoms with Gasteiger partial charge in [0, 0.05) is 11.6 Å². The second-order valence-corrected chi connectivity index (χ2v) is 6.64. The Kier molecular flexibility index (Phi) is 2.97. The number of carbonyl (C=O) groups excluding carboxylic acids is 1. The Morgan fingerprint density at radius 2 is 2.09 bits per heavy atom. The fourth-order valence-corrected chi connectivity index (χ4v) is 3.07. The predicted octanol–water partition coefficient (Wildman–Crippen LogP) is 2.93. The molecule has 112 valence electrons. The Balaban J connectivity index is 1.60. The van der Waals surface area contributed by atoms with Gasteiger partial charge in [-0.2, -0.15) is 4.52 Å². The van der Waals surface area contributed by atoms with Crippen molar-refractivity contribution < 1.29 is 4.79 Å². The van der Waals surface area contributed by atoms with Crippen LogP contribution in [0.1, 0.15) is 45.5 Å². The van der Waals surface area contributed by atoms with Gasteiger partial charge in [-0.15, -0.1) is 15.3 Å². The second kappa shape index (κ2) is 4.88. The number of carbonyl (C=O) groups is 1. The molecular weight excluding hydrogens is 298 g/mol. The van der Waals surface area contributed by atoms with E-state index in [-0.39, 0.29) is 5.91 Å². The molecule has 6 nitrogen and oxygen atoms in total. The quantitative estimate of drug-likeness (QED) is 0.807. The Morgan fingerprint density at radius 1 is 1.27 bits per heavy atom. The van der Waals surface area contributed by atoms with Crippen molar-refractivity contribution in [3.8, 4) is 0 Å². The molecule has 0 saturated heterocycles. The van der Waals surface area contributed by atoms with Crippen LogP contribution in [0.15, 0.2) is 18.2 Å². The SMILES string of the molecule is Cc1ccc(NC(=O)c2nn3c(C4CC4)nnc3s2)cc1C. The molecule has 0 atom stereocenters. The van der Waals surface area contributed by atoms with Crippen LogP contribution in [-0.4, -0.2) is 25.7 Å². The van der Waals surface area contributed by atoms with E-state index in [1.54, 1.807) is 4.52 Å². The van der Waals surface area contributed by atoms with Crippen LogP contribution >= 0.6 is 11.3 Å². The van der Waals surface area contributed by atoms with E-state index in [4.69, 9.17) is 0 Å². The lowest BCUT2D eigenvalue weighted by atomic mass is 10.1. The molecule has 0 radical (unpaired) electrons. The van der Waals surface area contributed by atoms with Crippen molar-refractivity contribution in [3.63, 3.8) is 0 Å². The number of fused-ring (bicyclic) bond motifs is 1. The zero-order chi connectivity index (χ0) is 15.3. The van der Waals surface area contributed by atoms with Gasteiger partial charge < -0.3 is 5.32 Å². The van der Waals surface area contributed by atoms with Crippen LogP contribution in [0.2, 0.25) is 0 Å². The van der Waals surface area contributed by atoms with Crippen LogP contribution in [0, 0.1) is 13.8 Å². The number of rotatable bonds is 3. The van der Waals surface area contributed by atoms with E-state index in [0.29, 0.717) is 15.9 Å². The van der Waals surface area contributed by atoms with Gasteiger partial charge in [-0.1, -0.05) is 17.4 Å². The number of nitrogens with zero attached hydrogens (tertiary/aromatic N) is 4. The second-order valence-electron chi connectivity index (χ2n) is 5.69. The summed E-state index contributed by atoms with van der Waals surface area (Å²) in [4.78, 5) is 13.0. The molecule has 1 saturated carbocycles. The van der Waals surface area contributed by atoms with E-state index >= 15 is 0 Å². The Hall–Kier alpha value is -2.28. The summed E-state index contributed by atoms with van der Waals surface area (Å²) in [6.07, 6.45) is 2.25. The summed E-state index contributed by atoms with van der Waals surface area (Å²) in [5, 5.41) is 15.9. The van der Waals surface area contributed by atoms with Crippen molar-refractivity contribution in [1.82, 2.24) is 19.8 Å². The molecule has 1 aliphatic rings. The van der Waals surface area contributed by atoms with Crippen LogP contribution in [0.5, 0.6) is 0 Å². The lowest BCUT2D eigenvalue weighted by Crippen LogP contribution is -2.12. The third kappa shape index (κ3) is 2.27. The largest absolute Gasteiger partial charge is 0.320 e. The molecule has 0 bridgehead atoms. The summed E-state index contributed by atoms with van der Waals surface area (Å²) in [6.45, 7) is 4.07. The van der Waals surface area contributed by atoms with Crippen molar-refractivity contribution in [1.29, 1.82) is 0 Å². The summed E-state index contributed by atoms with van der Waals surface area (Å²) >= 11 is 1.26. The highest BCUT2D eigenvalue weighted by Crippen LogP contribution is 2.39. The lowest BCUT2D eigenvalue weighted by Gasteiger charge is -2.05. The molecular formula is C15H15N5OS. The maximum absolute atomic E-state index is 12.3. The normalized spacial score (nSPS) is 14.5. The molecule has 1 amide bonds. The highest BCUT2D eigenvalue weighted by Gasteiger charge is 2.30. The molecule has 0 aliphatic heterocycles. The minimum absolute atomic E-state index is 0.208. The predicted molar refractivity (Wildman–Crippen MR) is 84.5 cm³/mol. The number of amides is 1. The van der Waals surface area contributed by atoms with Gasteiger partial charge >= 0.3 is 0 Å². The minimum Gasteiger partial charge on any atom is -0.320 e. The molecule has 0 spiro atoms. The first kappa shape index (κ1) is 13.4. The molecule has 4 rings (SSSR count). The molecule has 7 heteroatoms. The van der Waals surface area contributed by atoms with Crippen molar-refractivity contribution in [2.45, 2.75) is 32.6 Å². The first-order valence-corrected chi connectivity index (χ1v) is 8.04. The maximum atomic E-state index is 12.3. The van der Waals surface area contributed by atoms with Gasteiger partial charge in [0.2, 0.25) is 9.97 Å². The smallest absolute Gasteiger partial charge is 0.286 e. The van der Waals surface area contributed by atoms with E-state index in [0.717, 1.165) is 29.9 Å². The van der Waals surface area contributed by atoms with Gasteiger partial charge in [-0.25, -0.2) is 0 Å². The molecule has 1 N–H and O–H groups in total. The highest BCUT2D eigenvalue weighted by molar-refractivity contribution is 7.18. The topological polar surface area (TPSA) is 72.2 Å². The van der Waals surface area contributed by atoms with Gasteiger partial charge in [-0.3, -0.25) is 4.79 Å². The van der Waals surface area contributed by atoms with Gasteiger partial charge in [0.15, 0.2) is 5.82 Å². The monoisotopic (exact) mass is 313 g/mol. The Bertz CT molecular complexity index is 877. The van der Waals surface area contributed by atoms with Crippen molar-refractivity contribution >= 4 is 27.9 Å². The number of anilines is 1. The average Bonchev–Trinajstić information content (AvgIpc) is 3.10. The van der Waals surface area contributed by atoms with Gasteiger partial charge in [0.1, 0.15) is 0 Å². The molecule has 22 heavy (non-hydrogen) atoms. The first-order chi connectivity index (χ1) is 10.6. The summed E-state index contributed by atoms with van der Waals surface area (Å²) in [5.74, 6) is 1.12. The summed E-state index contributed by atoms with van der Waals surface area (Å²) in [6, 6.07) is 5.86. The van der Waals surface area contributed by atoms with Gasteiger partial charge in [0.05, 0.1) is 0 Å². The zero-order valence-electron chi connectivity index (χ0n) is 12.3. The molecule has 0 unspecified atom stereocenters. The molecule has 3 aromatic rings. The Labute approximate surface area is 131 Å². The summed E-state index contributed by atoms with van der Waals surface area (Å²) < 4.78 is 1.71. The lowest BCUT2D eigenvalue weighted by molar-refractivity contribution is 0.102. The van der Waals surface area contributed by atoms with Crippen LogP contribution in [0.4, 0.5) is 5.69 Å². The third-order valence-electron chi connectivity index (χ3n) is 3.92. The number of hydrogen-bond donors (Lipinski definition) is 1. The highest BCUT2D eigenvalue weighted by atomic mass is 32.1. The third-order valence-corrected chi connectivity index (χ3v) is 4.81. The van der Waals surface area contributed by atoms with Crippen LogP contribution in [0.25, 0.3) is 4.96 Å². The number of aryl methyl sites for hydroxylation is 2. The average molecular weight is 313 g/mol. The van der Waals surface area contributed by atoms with E-state index in [1.165, 1.54) is 16.9 Å². The molecule has 2 heterocycles.